The first-order chi connectivity index (χ1) is 12.4. The fraction of sp³-hybridized carbons (Fsp3) is 0.167. The summed E-state index contributed by atoms with van der Waals surface area (Å²) in [5.41, 5.74) is 2.00. The molecule has 1 aliphatic heterocycles. The average molecular weight is 335 g/mol. The van der Waals surface area contributed by atoms with Gasteiger partial charge in [0.2, 0.25) is 5.95 Å². The number of nitrogens with zero attached hydrogens (tertiary/aromatic N) is 3. The van der Waals surface area contributed by atoms with Gasteiger partial charge in [0.25, 0.3) is 0 Å². The van der Waals surface area contributed by atoms with Gasteiger partial charge in [0.1, 0.15) is 13.2 Å². The highest BCUT2D eigenvalue weighted by Gasteiger charge is 2.12. The van der Waals surface area contributed by atoms with Crippen LogP contribution in [0.1, 0.15) is 5.56 Å². The summed E-state index contributed by atoms with van der Waals surface area (Å²) in [7, 11) is 0. The molecule has 7 heteroatoms. The number of benzene rings is 2. The van der Waals surface area contributed by atoms with Gasteiger partial charge in [-0.2, -0.15) is 10.1 Å². The fourth-order valence-corrected chi connectivity index (χ4v) is 2.48. The Morgan fingerprint density at radius 1 is 0.960 bits per heavy atom. The van der Waals surface area contributed by atoms with Gasteiger partial charge in [0.15, 0.2) is 17.3 Å². The summed E-state index contributed by atoms with van der Waals surface area (Å²) in [6.07, 6.45) is 1.57. The van der Waals surface area contributed by atoms with Gasteiger partial charge in [-0.25, -0.2) is 0 Å². The Kier molecular flexibility index (Phi) is 4.28. The summed E-state index contributed by atoms with van der Waals surface area (Å²) in [6.45, 7) is 1.76. The SMILES string of the molecule is c1ccc(CNc2nncc(Nc3ccc4c(c3)OCCO4)n2)cc1. The lowest BCUT2D eigenvalue weighted by molar-refractivity contribution is 0.171. The van der Waals surface area contributed by atoms with Gasteiger partial charge in [-0.05, 0) is 17.7 Å². The summed E-state index contributed by atoms with van der Waals surface area (Å²) >= 11 is 0. The second-order valence-electron chi connectivity index (χ2n) is 5.49. The van der Waals surface area contributed by atoms with Crippen LogP contribution in [-0.4, -0.2) is 28.4 Å². The third-order valence-corrected chi connectivity index (χ3v) is 3.67. The lowest BCUT2D eigenvalue weighted by Crippen LogP contribution is -2.15. The molecule has 1 aromatic heterocycles. The molecule has 2 N–H and O–H groups in total. The molecule has 126 valence electrons. The van der Waals surface area contributed by atoms with E-state index in [9.17, 15) is 0 Å². The van der Waals surface area contributed by atoms with E-state index in [0.717, 1.165) is 22.7 Å². The number of aromatic nitrogens is 3. The molecule has 4 rings (SSSR count). The van der Waals surface area contributed by atoms with Gasteiger partial charge >= 0.3 is 0 Å². The number of nitrogens with one attached hydrogen (secondary N) is 2. The molecule has 0 spiro atoms. The second kappa shape index (κ2) is 7.04. The van der Waals surface area contributed by atoms with Crippen LogP contribution in [0, 0.1) is 0 Å². The molecule has 0 radical (unpaired) electrons. The number of anilines is 3. The summed E-state index contributed by atoms with van der Waals surface area (Å²) in [6, 6.07) is 15.7. The molecular formula is C18H17N5O2. The van der Waals surface area contributed by atoms with Gasteiger partial charge in [0, 0.05) is 18.3 Å². The van der Waals surface area contributed by atoms with E-state index in [2.05, 4.69) is 25.8 Å². The summed E-state index contributed by atoms with van der Waals surface area (Å²) in [4.78, 5) is 4.43. The molecule has 0 saturated heterocycles. The number of hydrogen-bond acceptors (Lipinski definition) is 7. The monoisotopic (exact) mass is 335 g/mol. The molecule has 2 heterocycles. The van der Waals surface area contributed by atoms with E-state index in [1.54, 1.807) is 6.20 Å². The van der Waals surface area contributed by atoms with Crippen molar-refractivity contribution >= 4 is 17.5 Å². The van der Waals surface area contributed by atoms with Crippen LogP contribution in [0.15, 0.2) is 54.7 Å². The van der Waals surface area contributed by atoms with Crippen LogP contribution in [0.3, 0.4) is 0 Å². The van der Waals surface area contributed by atoms with Crippen LogP contribution in [0.4, 0.5) is 17.5 Å². The second-order valence-corrected chi connectivity index (χ2v) is 5.49. The maximum absolute atomic E-state index is 5.59. The number of hydrogen-bond donors (Lipinski definition) is 2. The lowest BCUT2D eigenvalue weighted by atomic mass is 10.2. The van der Waals surface area contributed by atoms with Crippen molar-refractivity contribution in [2.24, 2.45) is 0 Å². The van der Waals surface area contributed by atoms with Crippen molar-refractivity contribution in [3.63, 3.8) is 0 Å². The topological polar surface area (TPSA) is 81.2 Å². The molecule has 0 saturated carbocycles. The highest BCUT2D eigenvalue weighted by molar-refractivity contribution is 5.61. The van der Waals surface area contributed by atoms with Crippen molar-refractivity contribution in [2.45, 2.75) is 6.54 Å². The average Bonchev–Trinajstić information content (AvgIpc) is 2.67. The summed E-state index contributed by atoms with van der Waals surface area (Å²) in [5.74, 6) is 2.54. The van der Waals surface area contributed by atoms with Crippen LogP contribution in [0.2, 0.25) is 0 Å². The van der Waals surface area contributed by atoms with Crippen LogP contribution >= 0.6 is 0 Å². The molecule has 3 aromatic rings. The Labute approximate surface area is 145 Å². The van der Waals surface area contributed by atoms with Gasteiger partial charge in [0.05, 0.1) is 6.20 Å². The predicted octanol–water partition coefficient (Wildman–Crippen LogP) is 3.00. The molecule has 0 fully saturated rings. The zero-order chi connectivity index (χ0) is 16.9. The maximum atomic E-state index is 5.59. The molecule has 7 nitrogen and oxygen atoms in total. The largest absolute Gasteiger partial charge is 0.486 e. The van der Waals surface area contributed by atoms with Crippen LogP contribution in [0.25, 0.3) is 0 Å². The van der Waals surface area contributed by atoms with Crippen LogP contribution < -0.4 is 20.1 Å². The Morgan fingerprint density at radius 2 is 1.80 bits per heavy atom. The van der Waals surface area contributed by atoms with Crippen molar-refractivity contribution in [3.05, 3.63) is 60.3 Å². The Balaban J connectivity index is 1.44. The van der Waals surface area contributed by atoms with Crippen LogP contribution in [-0.2, 0) is 6.54 Å². The standard InChI is InChI=1S/C18H17N5O2/c1-2-4-13(5-3-1)11-19-18-22-17(12-20-23-18)21-14-6-7-15-16(10-14)25-9-8-24-15/h1-7,10,12H,8-9,11H2,(H2,19,21,22,23). The summed E-state index contributed by atoms with van der Waals surface area (Å²) in [5, 5.41) is 14.4. The van der Waals surface area contributed by atoms with E-state index in [-0.39, 0.29) is 0 Å². The van der Waals surface area contributed by atoms with Gasteiger partial charge in [-0.1, -0.05) is 30.3 Å². The quantitative estimate of drug-likeness (QED) is 0.742. The third kappa shape index (κ3) is 3.77. The minimum atomic E-state index is 0.464. The Morgan fingerprint density at radius 3 is 2.68 bits per heavy atom. The van der Waals surface area contributed by atoms with Crippen molar-refractivity contribution in [1.82, 2.24) is 15.2 Å². The predicted molar refractivity (Wildman–Crippen MR) is 94.3 cm³/mol. The van der Waals surface area contributed by atoms with E-state index in [0.29, 0.717) is 31.5 Å². The minimum Gasteiger partial charge on any atom is -0.486 e. The van der Waals surface area contributed by atoms with Crippen molar-refractivity contribution in [2.75, 3.05) is 23.8 Å². The zero-order valence-corrected chi connectivity index (χ0v) is 13.5. The normalized spacial score (nSPS) is 12.5. The molecule has 0 bridgehead atoms. The van der Waals surface area contributed by atoms with Gasteiger partial charge in [-0.3, -0.25) is 0 Å². The number of ether oxygens (including phenoxy) is 2. The fourth-order valence-electron chi connectivity index (χ4n) is 2.48. The third-order valence-electron chi connectivity index (χ3n) is 3.67. The first kappa shape index (κ1) is 15.2. The van der Waals surface area contributed by atoms with Crippen molar-refractivity contribution in [3.8, 4) is 11.5 Å². The molecule has 1 aliphatic rings. The summed E-state index contributed by atoms with van der Waals surface area (Å²) < 4.78 is 11.1. The Bertz CT molecular complexity index is 857. The van der Waals surface area contributed by atoms with E-state index < -0.39 is 0 Å². The van der Waals surface area contributed by atoms with Gasteiger partial charge in [-0.15, -0.1) is 5.10 Å². The smallest absolute Gasteiger partial charge is 0.244 e. The van der Waals surface area contributed by atoms with Gasteiger partial charge < -0.3 is 20.1 Å². The lowest BCUT2D eigenvalue weighted by Gasteiger charge is -2.19. The van der Waals surface area contributed by atoms with Crippen LogP contribution in [0.5, 0.6) is 11.5 Å². The maximum Gasteiger partial charge on any atom is 0.244 e. The number of fused-ring (bicyclic) bond motifs is 1. The molecule has 0 atom stereocenters. The molecule has 2 aromatic carbocycles. The molecule has 25 heavy (non-hydrogen) atoms. The first-order valence-corrected chi connectivity index (χ1v) is 8.01. The first-order valence-electron chi connectivity index (χ1n) is 8.01. The minimum absolute atomic E-state index is 0.464. The van der Waals surface area contributed by atoms with E-state index >= 15 is 0 Å². The van der Waals surface area contributed by atoms with Crippen molar-refractivity contribution in [1.29, 1.82) is 0 Å². The molecule has 0 amide bonds. The van der Waals surface area contributed by atoms with Crippen molar-refractivity contribution < 1.29 is 9.47 Å². The van der Waals surface area contributed by atoms with E-state index in [4.69, 9.17) is 9.47 Å². The van der Waals surface area contributed by atoms with E-state index in [1.807, 2.05) is 48.5 Å². The highest BCUT2D eigenvalue weighted by Crippen LogP contribution is 2.33. The van der Waals surface area contributed by atoms with E-state index in [1.165, 1.54) is 0 Å². The highest BCUT2D eigenvalue weighted by atomic mass is 16.6. The zero-order valence-electron chi connectivity index (χ0n) is 13.5. The molecular weight excluding hydrogens is 318 g/mol. The Hall–Kier alpha value is -3.35. The number of rotatable bonds is 5. The molecule has 0 unspecified atom stereocenters. The molecule has 0 aliphatic carbocycles.